The molecule has 0 aromatic heterocycles. The van der Waals surface area contributed by atoms with Crippen LogP contribution in [0.3, 0.4) is 0 Å². The van der Waals surface area contributed by atoms with Crippen LogP contribution in [0.25, 0.3) is 0 Å². The van der Waals surface area contributed by atoms with E-state index in [1.807, 2.05) is 37.3 Å². The molecule has 0 aliphatic heterocycles. The van der Waals surface area contributed by atoms with Gasteiger partial charge in [0.2, 0.25) is 0 Å². The van der Waals surface area contributed by atoms with Crippen LogP contribution in [0, 0.1) is 0 Å². The third kappa shape index (κ3) is 6.40. The summed E-state index contributed by atoms with van der Waals surface area (Å²) >= 11 is 0. The van der Waals surface area contributed by atoms with Gasteiger partial charge in [-0.3, -0.25) is 4.79 Å². The van der Waals surface area contributed by atoms with E-state index < -0.39 is 11.7 Å². The van der Waals surface area contributed by atoms with E-state index in [1.165, 1.54) is 13.8 Å². The van der Waals surface area contributed by atoms with Gasteiger partial charge in [-0.2, -0.15) is 0 Å². The molecule has 0 bridgehead atoms. The molecular weight excluding hydrogens is 270 g/mol. The Morgan fingerprint density at radius 2 is 1.90 bits per heavy atom. The van der Waals surface area contributed by atoms with Crippen molar-refractivity contribution in [2.24, 2.45) is 0 Å². The Hall–Kier alpha value is -1.88. The van der Waals surface area contributed by atoms with Gasteiger partial charge < -0.3 is 15.2 Å². The summed E-state index contributed by atoms with van der Waals surface area (Å²) in [4.78, 5) is 23.5. The second-order valence-electron chi connectivity index (χ2n) is 5.50. The van der Waals surface area contributed by atoms with E-state index in [-0.39, 0.29) is 24.9 Å². The normalized spacial score (nSPS) is 12.6. The third-order valence-corrected chi connectivity index (χ3v) is 3.14. The van der Waals surface area contributed by atoms with Crippen LogP contribution in [0.2, 0.25) is 0 Å². The average Bonchev–Trinajstić information content (AvgIpc) is 2.44. The maximum Gasteiger partial charge on any atom is 0.407 e. The highest BCUT2D eigenvalue weighted by Gasteiger charge is 2.26. The SMILES string of the molecule is CC[C@@H](CC(=O)C(C)(C)O)NC(=O)OCc1ccccc1. The molecule has 1 amide bonds. The number of hydrogen-bond acceptors (Lipinski definition) is 4. The van der Waals surface area contributed by atoms with Crippen LogP contribution in [0.1, 0.15) is 39.2 Å². The maximum absolute atomic E-state index is 11.8. The Morgan fingerprint density at radius 1 is 1.29 bits per heavy atom. The number of carbonyl (C=O) groups is 2. The minimum Gasteiger partial charge on any atom is -0.445 e. The molecule has 1 atom stereocenters. The fourth-order valence-corrected chi connectivity index (χ4v) is 1.70. The van der Waals surface area contributed by atoms with E-state index >= 15 is 0 Å². The van der Waals surface area contributed by atoms with Gasteiger partial charge in [-0.15, -0.1) is 0 Å². The molecule has 21 heavy (non-hydrogen) atoms. The van der Waals surface area contributed by atoms with Crippen molar-refractivity contribution in [2.45, 2.75) is 51.9 Å². The van der Waals surface area contributed by atoms with Crippen molar-refractivity contribution in [1.82, 2.24) is 5.32 Å². The topological polar surface area (TPSA) is 75.6 Å². The molecule has 0 radical (unpaired) electrons. The summed E-state index contributed by atoms with van der Waals surface area (Å²) < 4.78 is 5.10. The number of benzene rings is 1. The number of carbonyl (C=O) groups excluding carboxylic acids is 2. The van der Waals surface area contributed by atoms with Gasteiger partial charge in [0.25, 0.3) is 0 Å². The summed E-state index contributed by atoms with van der Waals surface area (Å²) in [6.45, 7) is 4.92. The molecule has 0 heterocycles. The molecule has 0 unspecified atom stereocenters. The lowest BCUT2D eigenvalue weighted by molar-refractivity contribution is -0.134. The molecule has 116 valence electrons. The Labute approximate surface area is 125 Å². The number of nitrogens with one attached hydrogen (secondary N) is 1. The minimum atomic E-state index is -1.39. The summed E-state index contributed by atoms with van der Waals surface area (Å²) in [6, 6.07) is 9.01. The predicted molar refractivity (Wildman–Crippen MR) is 79.8 cm³/mol. The lowest BCUT2D eigenvalue weighted by atomic mass is 9.96. The van der Waals surface area contributed by atoms with Crippen molar-refractivity contribution in [1.29, 1.82) is 0 Å². The van der Waals surface area contributed by atoms with E-state index in [4.69, 9.17) is 4.74 Å². The molecule has 0 saturated carbocycles. The first-order valence-electron chi connectivity index (χ1n) is 7.05. The summed E-state index contributed by atoms with van der Waals surface area (Å²) in [5.74, 6) is -0.308. The van der Waals surface area contributed by atoms with Gasteiger partial charge in [0.05, 0.1) is 0 Å². The van der Waals surface area contributed by atoms with Crippen molar-refractivity contribution in [3.05, 3.63) is 35.9 Å². The second-order valence-corrected chi connectivity index (χ2v) is 5.50. The van der Waals surface area contributed by atoms with E-state index in [0.717, 1.165) is 5.56 Å². The Balaban J connectivity index is 2.42. The summed E-state index contributed by atoms with van der Waals surface area (Å²) in [7, 11) is 0. The zero-order valence-electron chi connectivity index (χ0n) is 12.8. The number of rotatable bonds is 7. The zero-order chi connectivity index (χ0) is 15.9. The standard InChI is InChI=1S/C16H23NO4/c1-4-13(10-14(18)16(2,3)20)17-15(19)21-11-12-8-6-5-7-9-12/h5-9,13,20H,4,10-11H2,1-3H3,(H,17,19)/t13-/m0/s1. The number of ether oxygens (including phenoxy) is 1. The van der Waals surface area contributed by atoms with E-state index in [9.17, 15) is 14.7 Å². The van der Waals surface area contributed by atoms with Crippen molar-refractivity contribution in [3.8, 4) is 0 Å². The van der Waals surface area contributed by atoms with Crippen molar-refractivity contribution < 1.29 is 19.4 Å². The van der Waals surface area contributed by atoms with Gasteiger partial charge in [0.1, 0.15) is 12.2 Å². The molecule has 0 aliphatic rings. The lowest BCUT2D eigenvalue weighted by Gasteiger charge is -2.21. The first-order chi connectivity index (χ1) is 9.82. The fraction of sp³-hybridized carbons (Fsp3) is 0.500. The van der Waals surface area contributed by atoms with E-state index in [2.05, 4.69) is 5.32 Å². The molecule has 1 aromatic rings. The largest absolute Gasteiger partial charge is 0.445 e. The first-order valence-corrected chi connectivity index (χ1v) is 7.05. The first kappa shape index (κ1) is 17.2. The number of Topliss-reactive ketones (excluding diaryl/α,β-unsaturated/α-hetero) is 1. The van der Waals surface area contributed by atoms with Crippen LogP contribution in [0.5, 0.6) is 0 Å². The smallest absolute Gasteiger partial charge is 0.407 e. The van der Waals surface area contributed by atoms with E-state index in [0.29, 0.717) is 6.42 Å². The molecule has 2 N–H and O–H groups in total. The number of hydrogen-bond donors (Lipinski definition) is 2. The van der Waals surface area contributed by atoms with Crippen LogP contribution < -0.4 is 5.32 Å². The highest BCUT2D eigenvalue weighted by molar-refractivity contribution is 5.87. The zero-order valence-corrected chi connectivity index (χ0v) is 12.8. The fourth-order valence-electron chi connectivity index (χ4n) is 1.70. The lowest BCUT2D eigenvalue weighted by Crippen LogP contribution is -2.41. The molecule has 0 spiro atoms. The van der Waals surface area contributed by atoms with Crippen molar-refractivity contribution in [3.63, 3.8) is 0 Å². The predicted octanol–water partition coefficient (Wildman–Crippen LogP) is 2.42. The van der Waals surface area contributed by atoms with Crippen molar-refractivity contribution in [2.75, 3.05) is 0 Å². The van der Waals surface area contributed by atoms with Gasteiger partial charge >= 0.3 is 6.09 Å². The highest BCUT2D eigenvalue weighted by atomic mass is 16.5. The second kappa shape index (κ2) is 7.78. The van der Waals surface area contributed by atoms with Gasteiger partial charge in [0, 0.05) is 12.5 Å². The van der Waals surface area contributed by atoms with E-state index in [1.54, 1.807) is 0 Å². The van der Waals surface area contributed by atoms with Crippen LogP contribution in [0.15, 0.2) is 30.3 Å². The Morgan fingerprint density at radius 3 is 2.43 bits per heavy atom. The monoisotopic (exact) mass is 293 g/mol. The molecule has 1 aromatic carbocycles. The minimum absolute atomic E-state index is 0.0838. The molecule has 1 rings (SSSR count). The molecular formula is C16H23NO4. The quantitative estimate of drug-likeness (QED) is 0.809. The molecule has 0 fully saturated rings. The van der Waals surface area contributed by atoms with Crippen LogP contribution >= 0.6 is 0 Å². The van der Waals surface area contributed by atoms with Gasteiger partial charge in [-0.1, -0.05) is 37.3 Å². The van der Waals surface area contributed by atoms with Gasteiger partial charge in [-0.25, -0.2) is 4.79 Å². The Bertz CT molecular complexity index is 465. The average molecular weight is 293 g/mol. The third-order valence-electron chi connectivity index (χ3n) is 3.14. The van der Waals surface area contributed by atoms with Crippen LogP contribution in [0.4, 0.5) is 4.79 Å². The summed E-state index contributed by atoms with van der Waals surface area (Å²) in [5.41, 5.74) is -0.489. The molecule has 0 aliphatic carbocycles. The van der Waals surface area contributed by atoms with Crippen LogP contribution in [-0.2, 0) is 16.1 Å². The number of ketones is 1. The van der Waals surface area contributed by atoms with Gasteiger partial charge in [-0.05, 0) is 25.8 Å². The summed E-state index contributed by atoms with van der Waals surface area (Å²) in [5, 5.41) is 12.3. The molecule has 5 heteroatoms. The Kier molecular flexibility index (Phi) is 6.37. The number of aliphatic hydroxyl groups is 1. The van der Waals surface area contributed by atoms with Crippen molar-refractivity contribution >= 4 is 11.9 Å². The van der Waals surface area contributed by atoms with Gasteiger partial charge in [0.15, 0.2) is 5.78 Å². The molecule has 0 saturated heterocycles. The number of amides is 1. The highest BCUT2D eigenvalue weighted by Crippen LogP contribution is 2.10. The summed E-state index contributed by atoms with van der Waals surface area (Å²) in [6.07, 6.45) is 0.108. The molecule has 5 nitrogen and oxygen atoms in total. The number of alkyl carbamates (subject to hydrolysis) is 1. The maximum atomic E-state index is 11.8. The van der Waals surface area contributed by atoms with Crippen LogP contribution in [-0.4, -0.2) is 28.6 Å².